The van der Waals surface area contributed by atoms with Crippen molar-refractivity contribution in [3.63, 3.8) is 0 Å². The normalized spacial score (nSPS) is 13.5. The van der Waals surface area contributed by atoms with Crippen LogP contribution in [0.5, 0.6) is 0 Å². The van der Waals surface area contributed by atoms with Gasteiger partial charge in [-0.05, 0) is 25.2 Å². The van der Waals surface area contributed by atoms with Crippen molar-refractivity contribution in [2.75, 3.05) is 20.2 Å². The van der Waals surface area contributed by atoms with Crippen LogP contribution in [0.15, 0.2) is 0 Å². The summed E-state index contributed by atoms with van der Waals surface area (Å²) in [6.07, 6.45) is 0. The summed E-state index contributed by atoms with van der Waals surface area (Å²) in [4.78, 5) is 0. The Hall–Kier alpha value is 0.137. The average molecular weight is 191 g/mol. The van der Waals surface area contributed by atoms with E-state index in [0.717, 1.165) is 13.2 Å². The number of hydrogen-bond donors (Lipinski definition) is 1. The molecule has 0 radical (unpaired) electrons. The maximum Gasteiger partial charge on any atom is 0.192 e. The van der Waals surface area contributed by atoms with E-state index in [1.165, 1.54) is 0 Å². The second-order valence-corrected chi connectivity index (χ2v) is 9.52. The van der Waals surface area contributed by atoms with Crippen molar-refractivity contribution in [3.05, 3.63) is 0 Å². The summed E-state index contributed by atoms with van der Waals surface area (Å²) < 4.78 is 5.91. The third kappa shape index (κ3) is 3.69. The fraction of sp³-hybridized carbons (Fsp3) is 1.00. The third-order valence-corrected chi connectivity index (χ3v) is 7.16. The number of hydrogen-bond acceptors (Lipinski definition) is 2. The van der Waals surface area contributed by atoms with Crippen LogP contribution in [0.4, 0.5) is 0 Å². The molecule has 0 saturated heterocycles. The second kappa shape index (κ2) is 4.39. The summed E-state index contributed by atoms with van der Waals surface area (Å²) in [7, 11) is 0.471. The zero-order valence-electron chi connectivity index (χ0n) is 9.32. The first-order valence-electron chi connectivity index (χ1n) is 4.60. The molecule has 0 spiro atoms. The molecule has 0 aromatic heterocycles. The highest BCUT2D eigenvalue weighted by Crippen LogP contribution is 2.36. The van der Waals surface area contributed by atoms with Gasteiger partial charge in [-0.15, -0.1) is 0 Å². The molecule has 0 aliphatic rings. The second-order valence-electron chi connectivity index (χ2n) is 4.71. The van der Waals surface area contributed by atoms with Crippen LogP contribution in [0.3, 0.4) is 0 Å². The lowest BCUT2D eigenvalue weighted by Gasteiger charge is -2.36. The van der Waals surface area contributed by atoms with E-state index < -0.39 is 8.32 Å². The van der Waals surface area contributed by atoms with Crippen molar-refractivity contribution in [2.45, 2.75) is 38.9 Å². The highest BCUT2D eigenvalue weighted by Gasteiger charge is 2.36. The van der Waals surface area contributed by atoms with Crippen LogP contribution in [-0.4, -0.2) is 28.5 Å². The molecule has 74 valence electrons. The molecule has 3 heteroatoms. The van der Waals surface area contributed by atoms with Crippen molar-refractivity contribution in [3.8, 4) is 0 Å². The van der Waals surface area contributed by atoms with Crippen LogP contribution in [-0.2, 0) is 4.43 Å². The van der Waals surface area contributed by atoms with Gasteiger partial charge in [0, 0.05) is 13.2 Å². The number of likely N-dealkylation sites (N-methyl/N-ethyl adjacent to an activating group) is 1. The third-order valence-electron chi connectivity index (χ3n) is 2.62. The molecule has 2 nitrogen and oxygen atoms in total. The van der Waals surface area contributed by atoms with Gasteiger partial charge in [0.15, 0.2) is 8.32 Å². The fourth-order valence-corrected chi connectivity index (χ4v) is 1.67. The van der Waals surface area contributed by atoms with Crippen molar-refractivity contribution in [1.82, 2.24) is 5.32 Å². The summed E-state index contributed by atoms with van der Waals surface area (Å²) in [5.74, 6) is 0. The predicted octanol–water partition coefficient (Wildman–Crippen LogP) is 2.23. The minimum absolute atomic E-state index is 0.334. The Labute approximate surface area is 77.8 Å². The van der Waals surface area contributed by atoms with Crippen LogP contribution in [0, 0.1) is 0 Å². The minimum Gasteiger partial charge on any atom is -0.416 e. The molecule has 0 heterocycles. The van der Waals surface area contributed by atoms with E-state index in [1.807, 2.05) is 7.05 Å². The highest BCUT2D eigenvalue weighted by atomic mass is 28.4. The molecule has 0 aromatic carbocycles. The lowest BCUT2D eigenvalue weighted by Crippen LogP contribution is -2.42. The summed E-state index contributed by atoms with van der Waals surface area (Å²) in [6.45, 7) is 13.1. The van der Waals surface area contributed by atoms with Gasteiger partial charge in [-0.25, -0.2) is 0 Å². The van der Waals surface area contributed by atoms with E-state index in [0.29, 0.717) is 5.04 Å². The minimum atomic E-state index is -1.48. The fourth-order valence-electron chi connectivity index (χ4n) is 0.625. The molecule has 0 bridgehead atoms. The van der Waals surface area contributed by atoms with Gasteiger partial charge in [0.25, 0.3) is 0 Å². The Morgan fingerprint density at radius 1 is 1.25 bits per heavy atom. The number of nitrogens with one attached hydrogen (secondary N) is 1. The smallest absolute Gasteiger partial charge is 0.192 e. The van der Waals surface area contributed by atoms with Gasteiger partial charge in [0.1, 0.15) is 0 Å². The quantitative estimate of drug-likeness (QED) is 0.418. The Kier molecular flexibility index (Phi) is 4.44. The summed E-state index contributed by atoms with van der Waals surface area (Å²) in [5.41, 5.74) is 0. The zero-order chi connectivity index (χ0) is 9.83. The summed E-state index contributed by atoms with van der Waals surface area (Å²) >= 11 is 0. The van der Waals surface area contributed by atoms with Gasteiger partial charge in [-0.3, -0.25) is 0 Å². The van der Waals surface area contributed by atoms with Crippen LogP contribution in [0.2, 0.25) is 18.1 Å². The molecule has 0 amide bonds. The Morgan fingerprint density at radius 2 is 1.75 bits per heavy atom. The van der Waals surface area contributed by atoms with Crippen molar-refractivity contribution < 1.29 is 4.43 Å². The maximum absolute atomic E-state index is 5.91. The van der Waals surface area contributed by atoms with Crippen molar-refractivity contribution in [1.29, 1.82) is 0 Å². The van der Waals surface area contributed by atoms with E-state index in [-0.39, 0.29) is 0 Å². The van der Waals surface area contributed by atoms with Crippen molar-refractivity contribution >= 4 is 8.32 Å². The average Bonchev–Trinajstić information content (AvgIpc) is 1.85. The molecule has 12 heavy (non-hydrogen) atoms. The topological polar surface area (TPSA) is 21.3 Å². The molecular weight excluding hydrogens is 168 g/mol. The van der Waals surface area contributed by atoms with E-state index in [9.17, 15) is 0 Å². The van der Waals surface area contributed by atoms with Gasteiger partial charge < -0.3 is 9.74 Å². The van der Waals surface area contributed by atoms with E-state index in [4.69, 9.17) is 4.43 Å². The standard InChI is InChI=1S/C9H23NOSi/c1-9(2,3)12(5,6)11-8-7-10-4/h10H,7-8H2,1-6H3/i7+1,8+1. The van der Waals surface area contributed by atoms with Gasteiger partial charge in [0.05, 0.1) is 0 Å². The lowest BCUT2D eigenvalue weighted by atomic mass is 10.2. The molecule has 0 saturated carbocycles. The van der Waals surface area contributed by atoms with Gasteiger partial charge >= 0.3 is 0 Å². The van der Waals surface area contributed by atoms with E-state index in [1.54, 1.807) is 0 Å². The first-order valence-corrected chi connectivity index (χ1v) is 7.50. The van der Waals surface area contributed by atoms with Gasteiger partial charge in [-0.1, -0.05) is 20.8 Å². The molecule has 0 atom stereocenters. The molecule has 1 N–H and O–H groups in total. The van der Waals surface area contributed by atoms with Crippen LogP contribution >= 0.6 is 0 Å². The first-order chi connectivity index (χ1) is 5.31. The van der Waals surface area contributed by atoms with E-state index >= 15 is 0 Å². The molecule has 0 aromatic rings. The molecular formula is C9H23NOSi. The maximum atomic E-state index is 5.91. The SMILES string of the molecule is CN[13CH2][13CH2]O[Si](C)(C)C(C)(C)C. The van der Waals surface area contributed by atoms with Crippen LogP contribution in [0.25, 0.3) is 0 Å². The Bertz CT molecular complexity index is 129. The van der Waals surface area contributed by atoms with Gasteiger partial charge in [0.2, 0.25) is 0 Å². The summed E-state index contributed by atoms with van der Waals surface area (Å²) in [5, 5.41) is 3.42. The monoisotopic (exact) mass is 191 g/mol. The van der Waals surface area contributed by atoms with Crippen LogP contribution in [0.1, 0.15) is 20.8 Å². The Morgan fingerprint density at radius 3 is 2.08 bits per heavy atom. The van der Waals surface area contributed by atoms with Gasteiger partial charge in [-0.2, -0.15) is 0 Å². The Balaban J connectivity index is 3.88. The van der Waals surface area contributed by atoms with E-state index in [2.05, 4.69) is 39.2 Å². The molecule has 0 unspecified atom stereocenters. The largest absolute Gasteiger partial charge is 0.416 e. The van der Waals surface area contributed by atoms with Crippen LogP contribution < -0.4 is 5.32 Å². The number of rotatable bonds is 4. The zero-order valence-corrected chi connectivity index (χ0v) is 10.3. The molecule has 0 aliphatic carbocycles. The lowest BCUT2D eigenvalue weighted by molar-refractivity contribution is 0.289. The molecule has 0 aliphatic heterocycles. The molecule has 0 rings (SSSR count). The predicted molar refractivity (Wildman–Crippen MR) is 57.1 cm³/mol. The summed E-state index contributed by atoms with van der Waals surface area (Å²) in [6, 6.07) is 0. The van der Waals surface area contributed by atoms with Crippen molar-refractivity contribution in [2.24, 2.45) is 0 Å². The first kappa shape index (κ1) is 12.1. The highest BCUT2D eigenvalue weighted by molar-refractivity contribution is 6.74. The molecule has 0 fully saturated rings.